The van der Waals surface area contributed by atoms with Crippen molar-refractivity contribution < 1.29 is 5.11 Å². The number of hydrogen-bond donors (Lipinski definition) is 2. The summed E-state index contributed by atoms with van der Waals surface area (Å²) in [5.41, 5.74) is 6.30. The molecular formula is C18H18N4OS. The molecule has 2 aromatic heterocycles. The van der Waals surface area contributed by atoms with Crippen molar-refractivity contribution in [2.75, 3.05) is 5.43 Å². The lowest BCUT2D eigenvalue weighted by molar-refractivity contribution is 0.475. The number of rotatable bonds is 3. The highest BCUT2D eigenvalue weighted by molar-refractivity contribution is 7.19. The van der Waals surface area contributed by atoms with Crippen LogP contribution >= 0.6 is 11.3 Å². The highest BCUT2D eigenvalue weighted by atomic mass is 32.1. The molecular weight excluding hydrogens is 320 g/mol. The third-order valence-corrected chi connectivity index (χ3v) is 5.57. The molecule has 0 saturated carbocycles. The number of nitrogens with one attached hydrogen (secondary N) is 1. The van der Waals surface area contributed by atoms with Crippen molar-refractivity contribution in [1.82, 2.24) is 9.97 Å². The van der Waals surface area contributed by atoms with Gasteiger partial charge in [-0.05, 0) is 68.0 Å². The van der Waals surface area contributed by atoms with E-state index in [0.717, 1.165) is 40.2 Å². The molecule has 1 aromatic carbocycles. The zero-order valence-electron chi connectivity index (χ0n) is 13.4. The van der Waals surface area contributed by atoms with Crippen molar-refractivity contribution in [2.45, 2.75) is 32.6 Å². The quantitative estimate of drug-likeness (QED) is 0.557. The minimum absolute atomic E-state index is 0.252. The Labute approximate surface area is 144 Å². The standard InChI is InChI=1S/C18H18N4OS/c1-11(12-6-8-13(23)9-7-12)21-22-17-16-14-4-2-3-5-15(14)24-18(16)20-10-19-17/h6-10,23H,2-5H2,1H3,(H,19,20,22)/b21-11+. The molecule has 0 bridgehead atoms. The van der Waals surface area contributed by atoms with Crippen molar-refractivity contribution >= 4 is 33.1 Å². The summed E-state index contributed by atoms with van der Waals surface area (Å²) in [7, 11) is 0. The molecule has 0 aliphatic heterocycles. The van der Waals surface area contributed by atoms with Gasteiger partial charge in [-0.2, -0.15) is 5.10 Å². The zero-order valence-corrected chi connectivity index (χ0v) is 14.2. The molecule has 0 unspecified atom stereocenters. The minimum atomic E-state index is 0.252. The number of phenols is 1. The van der Waals surface area contributed by atoms with Crippen LogP contribution in [0.2, 0.25) is 0 Å². The Hall–Kier alpha value is -2.47. The summed E-state index contributed by atoms with van der Waals surface area (Å²) in [6.45, 7) is 1.93. The molecule has 1 aliphatic rings. The van der Waals surface area contributed by atoms with E-state index in [1.54, 1.807) is 29.8 Å². The van der Waals surface area contributed by atoms with Gasteiger partial charge in [-0.1, -0.05) is 0 Å². The first-order valence-electron chi connectivity index (χ1n) is 8.07. The maximum Gasteiger partial charge on any atom is 0.158 e. The fraction of sp³-hybridized carbons (Fsp3) is 0.278. The van der Waals surface area contributed by atoms with Crippen molar-refractivity contribution in [2.24, 2.45) is 5.10 Å². The van der Waals surface area contributed by atoms with Gasteiger partial charge in [0.05, 0.1) is 11.1 Å². The number of hydrogen-bond acceptors (Lipinski definition) is 6. The van der Waals surface area contributed by atoms with Crippen LogP contribution in [0.15, 0.2) is 35.7 Å². The lowest BCUT2D eigenvalue weighted by Gasteiger charge is -2.11. The van der Waals surface area contributed by atoms with E-state index in [4.69, 9.17) is 0 Å². The number of fused-ring (bicyclic) bond motifs is 3. The monoisotopic (exact) mass is 338 g/mol. The summed E-state index contributed by atoms with van der Waals surface area (Å²) in [4.78, 5) is 11.3. The molecule has 1 aliphatic carbocycles. The van der Waals surface area contributed by atoms with Crippen molar-refractivity contribution in [3.8, 4) is 5.75 Å². The average molecular weight is 338 g/mol. The van der Waals surface area contributed by atoms with Crippen molar-refractivity contribution in [1.29, 1.82) is 0 Å². The summed E-state index contributed by atoms with van der Waals surface area (Å²) in [5, 5.41) is 15.0. The molecule has 2 heterocycles. The Morgan fingerprint density at radius 2 is 1.96 bits per heavy atom. The van der Waals surface area contributed by atoms with Gasteiger partial charge in [0.2, 0.25) is 0 Å². The Kier molecular flexibility index (Phi) is 3.90. The first kappa shape index (κ1) is 15.1. The van der Waals surface area contributed by atoms with Crippen molar-refractivity contribution in [3.05, 3.63) is 46.6 Å². The van der Waals surface area contributed by atoms with Crippen molar-refractivity contribution in [3.63, 3.8) is 0 Å². The lowest BCUT2D eigenvalue weighted by atomic mass is 9.97. The van der Waals surface area contributed by atoms with Gasteiger partial charge in [0.15, 0.2) is 5.82 Å². The van der Waals surface area contributed by atoms with Gasteiger partial charge >= 0.3 is 0 Å². The topological polar surface area (TPSA) is 70.4 Å². The molecule has 5 nitrogen and oxygen atoms in total. The smallest absolute Gasteiger partial charge is 0.158 e. The summed E-state index contributed by atoms with van der Waals surface area (Å²) < 4.78 is 0. The second kappa shape index (κ2) is 6.20. The Morgan fingerprint density at radius 3 is 2.79 bits per heavy atom. The van der Waals surface area contributed by atoms with Crippen LogP contribution in [0.4, 0.5) is 5.82 Å². The van der Waals surface area contributed by atoms with Gasteiger partial charge in [0.25, 0.3) is 0 Å². The van der Waals surface area contributed by atoms with E-state index in [-0.39, 0.29) is 5.75 Å². The van der Waals surface area contributed by atoms with Crippen LogP contribution < -0.4 is 5.43 Å². The largest absolute Gasteiger partial charge is 0.508 e. The average Bonchev–Trinajstić information content (AvgIpc) is 2.99. The molecule has 24 heavy (non-hydrogen) atoms. The van der Waals surface area contributed by atoms with E-state index < -0.39 is 0 Å². The van der Waals surface area contributed by atoms with Crippen LogP contribution in [0.1, 0.15) is 35.8 Å². The molecule has 0 fully saturated rings. The van der Waals surface area contributed by atoms with Crippen LogP contribution in [-0.4, -0.2) is 20.8 Å². The fourth-order valence-electron chi connectivity index (χ4n) is 3.08. The van der Waals surface area contributed by atoms with E-state index in [0.29, 0.717) is 0 Å². The van der Waals surface area contributed by atoms with E-state index in [2.05, 4.69) is 20.5 Å². The van der Waals surface area contributed by atoms with Crippen LogP contribution in [0.25, 0.3) is 10.2 Å². The van der Waals surface area contributed by atoms with Crippen LogP contribution in [0, 0.1) is 0 Å². The zero-order chi connectivity index (χ0) is 16.5. The molecule has 0 amide bonds. The Morgan fingerprint density at radius 1 is 1.17 bits per heavy atom. The first-order chi connectivity index (χ1) is 11.7. The molecule has 0 radical (unpaired) electrons. The summed E-state index contributed by atoms with van der Waals surface area (Å²) in [6, 6.07) is 7.01. The van der Waals surface area contributed by atoms with Gasteiger partial charge in [0, 0.05) is 4.88 Å². The number of benzene rings is 1. The maximum atomic E-state index is 9.38. The van der Waals surface area contributed by atoms with Crippen LogP contribution in [-0.2, 0) is 12.8 Å². The molecule has 0 saturated heterocycles. The molecule has 122 valence electrons. The molecule has 2 N–H and O–H groups in total. The fourth-order valence-corrected chi connectivity index (χ4v) is 4.31. The summed E-state index contributed by atoms with van der Waals surface area (Å²) in [5.74, 6) is 1.03. The van der Waals surface area contributed by atoms with Gasteiger partial charge in [-0.25, -0.2) is 9.97 Å². The summed E-state index contributed by atoms with van der Waals surface area (Å²) in [6.07, 6.45) is 6.32. The SMILES string of the molecule is C/C(=N\Nc1ncnc2sc3c(c12)CCCC3)c1ccc(O)cc1. The Bertz CT molecular complexity index is 915. The number of phenolic OH excluding ortho intramolecular Hbond substituents is 1. The van der Waals surface area contributed by atoms with E-state index in [1.165, 1.54) is 23.3 Å². The number of nitrogens with zero attached hydrogens (tertiary/aromatic N) is 3. The summed E-state index contributed by atoms with van der Waals surface area (Å²) >= 11 is 1.78. The van der Waals surface area contributed by atoms with Crippen LogP contribution in [0.3, 0.4) is 0 Å². The number of anilines is 1. The lowest BCUT2D eigenvalue weighted by Crippen LogP contribution is -2.03. The predicted octanol–water partition coefficient (Wildman–Crippen LogP) is 4.11. The molecule has 6 heteroatoms. The second-order valence-electron chi connectivity index (χ2n) is 5.97. The minimum Gasteiger partial charge on any atom is -0.508 e. The maximum absolute atomic E-state index is 9.38. The second-order valence-corrected chi connectivity index (χ2v) is 7.05. The first-order valence-corrected chi connectivity index (χ1v) is 8.89. The highest BCUT2D eigenvalue weighted by Crippen LogP contribution is 2.38. The highest BCUT2D eigenvalue weighted by Gasteiger charge is 2.19. The van der Waals surface area contributed by atoms with E-state index in [9.17, 15) is 5.11 Å². The number of aromatic hydroxyl groups is 1. The Balaban J connectivity index is 1.68. The number of thiophene rings is 1. The predicted molar refractivity (Wildman–Crippen MR) is 98.0 cm³/mol. The van der Waals surface area contributed by atoms with Crippen LogP contribution in [0.5, 0.6) is 5.75 Å². The van der Waals surface area contributed by atoms with E-state index in [1.807, 2.05) is 19.1 Å². The molecule has 0 atom stereocenters. The van der Waals surface area contributed by atoms with Gasteiger partial charge < -0.3 is 5.11 Å². The molecule has 3 aromatic rings. The molecule has 4 rings (SSSR count). The van der Waals surface area contributed by atoms with Gasteiger partial charge in [0.1, 0.15) is 16.9 Å². The van der Waals surface area contributed by atoms with Gasteiger partial charge in [-0.15, -0.1) is 11.3 Å². The number of aromatic nitrogens is 2. The van der Waals surface area contributed by atoms with E-state index >= 15 is 0 Å². The number of hydrazone groups is 1. The third-order valence-electron chi connectivity index (χ3n) is 4.37. The normalized spacial score (nSPS) is 14.6. The molecule has 0 spiro atoms. The third kappa shape index (κ3) is 2.73. The number of aryl methyl sites for hydroxylation is 2. The van der Waals surface area contributed by atoms with Gasteiger partial charge in [-0.3, -0.25) is 5.43 Å².